The molecular weight excluding hydrogens is 304 g/mol. The molecule has 0 saturated heterocycles. The number of aromatic amines is 1. The average Bonchev–Trinajstić information content (AvgIpc) is 3.07. The molecule has 2 aromatic heterocycles. The van der Waals surface area contributed by atoms with Gasteiger partial charge in [-0.1, -0.05) is 11.8 Å². The van der Waals surface area contributed by atoms with Crippen LogP contribution < -0.4 is 5.32 Å². The summed E-state index contributed by atoms with van der Waals surface area (Å²) in [5.41, 5.74) is 2.12. The van der Waals surface area contributed by atoms with E-state index in [-0.39, 0.29) is 6.03 Å². The number of aryl methyl sites for hydroxylation is 2. The highest BCUT2D eigenvalue weighted by atomic mass is 32.2. The molecule has 0 bridgehead atoms. The fourth-order valence-corrected chi connectivity index (χ4v) is 3.07. The number of fused-ring (bicyclic) bond motifs is 1. The minimum atomic E-state index is -0.0467. The summed E-state index contributed by atoms with van der Waals surface area (Å²) in [6.07, 6.45) is 0.798. The van der Waals surface area contributed by atoms with E-state index in [1.807, 2.05) is 6.92 Å². The largest absolute Gasteiger partial charge is 0.344 e. The van der Waals surface area contributed by atoms with Crippen molar-refractivity contribution < 1.29 is 4.79 Å². The molecule has 9 nitrogen and oxygen atoms in total. The van der Waals surface area contributed by atoms with Crippen LogP contribution in [0.1, 0.15) is 17.2 Å². The number of nitrogens with one attached hydrogen (secondary N) is 2. The Morgan fingerprint density at radius 3 is 3.14 bits per heavy atom. The van der Waals surface area contributed by atoms with Gasteiger partial charge >= 0.3 is 6.03 Å². The molecule has 0 saturated carbocycles. The van der Waals surface area contributed by atoms with E-state index in [9.17, 15) is 4.79 Å². The van der Waals surface area contributed by atoms with Gasteiger partial charge in [0, 0.05) is 32.3 Å². The third-order valence-electron chi connectivity index (χ3n) is 3.43. The number of hydrogen-bond donors (Lipinski definition) is 2. The first kappa shape index (κ1) is 14.8. The molecule has 3 rings (SSSR count). The van der Waals surface area contributed by atoms with Crippen molar-refractivity contribution in [3.05, 3.63) is 17.2 Å². The fraction of sp³-hybridized carbons (Fsp3) is 0.583. The zero-order chi connectivity index (χ0) is 15.5. The van der Waals surface area contributed by atoms with Crippen molar-refractivity contribution in [1.29, 1.82) is 0 Å². The Kier molecular flexibility index (Phi) is 4.27. The standard InChI is InChI=1S/C12H18N8OS/c1-8-14-9-3-5-20(7-10(9)15-8)11(21)13-4-6-22-12-16-17-18-19(12)2/h3-7H2,1-2H3,(H,13,21)(H,14,15). The lowest BCUT2D eigenvalue weighted by Crippen LogP contribution is -2.43. The van der Waals surface area contributed by atoms with Crippen LogP contribution in [0.3, 0.4) is 0 Å². The molecule has 0 spiro atoms. The van der Waals surface area contributed by atoms with Gasteiger partial charge in [-0.05, 0) is 17.4 Å². The number of carbonyl (C=O) groups is 1. The van der Waals surface area contributed by atoms with E-state index >= 15 is 0 Å². The summed E-state index contributed by atoms with van der Waals surface area (Å²) in [4.78, 5) is 21.6. The number of imidazole rings is 1. The van der Waals surface area contributed by atoms with Crippen LogP contribution in [0.4, 0.5) is 4.79 Å². The lowest BCUT2D eigenvalue weighted by atomic mass is 10.1. The van der Waals surface area contributed by atoms with Crippen LogP contribution in [0, 0.1) is 6.92 Å². The van der Waals surface area contributed by atoms with E-state index in [0.717, 1.165) is 34.5 Å². The number of nitrogens with zero attached hydrogens (tertiary/aromatic N) is 6. The van der Waals surface area contributed by atoms with Crippen molar-refractivity contribution in [1.82, 2.24) is 40.4 Å². The number of carbonyl (C=O) groups excluding carboxylic acids is 1. The molecule has 0 unspecified atom stereocenters. The Labute approximate surface area is 131 Å². The van der Waals surface area contributed by atoms with Crippen LogP contribution in [0.15, 0.2) is 5.16 Å². The van der Waals surface area contributed by atoms with E-state index in [2.05, 4.69) is 30.8 Å². The number of thioether (sulfide) groups is 1. The Bertz CT molecular complexity index is 666. The van der Waals surface area contributed by atoms with Gasteiger partial charge in [0.15, 0.2) is 0 Å². The zero-order valence-corrected chi connectivity index (χ0v) is 13.4. The summed E-state index contributed by atoms with van der Waals surface area (Å²) >= 11 is 1.51. The second kappa shape index (κ2) is 6.34. The lowest BCUT2D eigenvalue weighted by Gasteiger charge is -2.26. The Morgan fingerprint density at radius 2 is 2.36 bits per heavy atom. The minimum absolute atomic E-state index is 0.0467. The smallest absolute Gasteiger partial charge is 0.317 e. The molecule has 0 aromatic carbocycles. The van der Waals surface area contributed by atoms with Gasteiger partial charge in [0.1, 0.15) is 5.82 Å². The number of aromatic nitrogens is 6. The first-order chi connectivity index (χ1) is 10.6. The van der Waals surface area contributed by atoms with Crippen LogP contribution in [-0.2, 0) is 20.0 Å². The van der Waals surface area contributed by atoms with E-state index in [1.54, 1.807) is 16.6 Å². The molecule has 3 heterocycles. The van der Waals surface area contributed by atoms with Crippen LogP contribution in [0.25, 0.3) is 0 Å². The predicted octanol–water partition coefficient (Wildman–Crippen LogP) is 0.102. The van der Waals surface area contributed by atoms with E-state index in [4.69, 9.17) is 0 Å². The Morgan fingerprint density at radius 1 is 1.50 bits per heavy atom. The van der Waals surface area contributed by atoms with Crippen molar-refractivity contribution in [2.24, 2.45) is 7.05 Å². The third kappa shape index (κ3) is 3.21. The maximum absolute atomic E-state index is 12.2. The second-order valence-electron chi connectivity index (χ2n) is 5.08. The quantitative estimate of drug-likeness (QED) is 0.611. The first-order valence-corrected chi connectivity index (χ1v) is 8.04. The molecular formula is C12H18N8OS. The lowest BCUT2D eigenvalue weighted by molar-refractivity contribution is 0.192. The first-order valence-electron chi connectivity index (χ1n) is 7.06. The van der Waals surface area contributed by atoms with E-state index < -0.39 is 0 Å². The number of rotatable bonds is 4. The summed E-state index contributed by atoms with van der Waals surface area (Å²) in [5, 5.41) is 14.9. The van der Waals surface area contributed by atoms with E-state index in [1.165, 1.54) is 11.8 Å². The summed E-state index contributed by atoms with van der Waals surface area (Å²) < 4.78 is 1.61. The topological polar surface area (TPSA) is 105 Å². The molecule has 0 atom stereocenters. The monoisotopic (exact) mass is 322 g/mol. The van der Waals surface area contributed by atoms with Crippen molar-refractivity contribution in [2.75, 3.05) is 18.8 Å². The van der Waals surface area contributed by atoms with Gasteiger partial charge < -0.3 is 15.2 Å². The zero-order valence-electron chi connectivity index (χ0n) is 12.5. The fourth-order valence-electron chi connectivity index (χ4n) is 2.37. The van der Waals surface area contributed by atoms with Crippen molar-refractivity contribution in [2.45, 2.75) is 25.0 Å². The maximum atomic E-state index is 12.2. The molecule has 0 radical (unpaired) electrons. The number of hydrogen-bond acceptors (Lipinski definition) is 6. The van der Waals surface area contributed by atoms with Gasteiger partial charge in [-0.3, -0.25) is 0 Å². The molecule has 0 fully saturated rings. The number of tetrazole rings is 1. The SMILES string of the molecule is Cc1nc2c([nH]1)CN(C(=O)NCCSc1nnnn1C)CC2. The molecule has 1 aliphatic heterocycles. The van der Waals surface area contributed by atoms with Gasteiger partial charge in [-0.25, -0.2) is 14.5 Å². The average molecular weight is 322 g/mol. The summed E-state index contributed by atoms with van der Waals surface area (Å²) in [6.45, 7) is 3.79. The van der Waals surface area contributed by atoms with Crippen LogP contribution in [-0.4, -0.2) is 59.9 Å². The summed E-state index contributed by atoms with van der Waals surface area (Å²) in [5.74, 6) is 1.63. The Balaban J connectivity index is 1.44. The number of H-pyrrole nitrogens is 1. The minimum Gasteiger partial charge on any atom is -0.344 e. The summed E-state index contributed by atoms with van der Waals surface area (Å²) in [7, 11) is 1.79. The van der Waals surface area contributed by atoms with Crippen LogP contribution >= 0.6 is 11.8 Å². The van der Waals surface area contributed by atoms with Gasteiger partial charge in [0.25, 0.3) is 0 Å². The number of amides is 2. The maximum Gasteiger partial charge on any atom is 0.317 e. The number of urea groups is 1. The van der Waals surface area contributed by atoms with Gasteiger partial charge in [0.2, 0.25) is 5.16 Å². The van der Waals surface area contributed by atoms with Crippen molar-refractivity contribution in [3.63, 3.8) is 0 Å². The Hall–Kier alpha value is -2.10. The molecule has 10 heteroatoms. The van der Waals surface area contributed by atoms with E-state index in [0.29, 0.717) is 19.6 Å². The van der Waals surface area contributed by atoms with Crippen LogP contribution in [0.5, 0.6) is 0 Å². The van der Waals surface area contributed by atoms with Crippen LogP contribution in [0.2, 0.25) is 0 Å². The molecule has 2 amide bonds. The highest BCUT2D eigenvalue weighted by Gasteiger charge is 2.22. The molecule has 0 aliphatic carbocycles. The highest BCUT2D eigenvalue weighted by Crippen LogP contribution is 2.16. The van der Waals surface area contributed by atoms with Crippen molar-refractivity contribution >= 4 is 17.8 Å². The normalized spacial score (nSPS) is 14.0. The molecule has 22 heavy (non-hydrogen) atoms. The van der Waals surface area contributed by atoms with Gasteiger partial charge in [-0.15, -0.1) is 5.10 Å². The third-order valence-corrected chi connectivity index (χ3v) is 4.44. The highest BCUT2D eigenvalue weighted by molar-refractivity contribution is 7.99. The van der Waals surface area contributed by atoms with Crippen molar-refractivity contribution in [3.8, 4) is 0 Å². The van der Waals surface area contributed by atoms with Gasteiger partial charge in [0.05, 0.1) is 17.9 Å². The molecule has 2 N–H and O–H groups in total. The summed E-state index contributed by atoms with van der Waals surface area (Å²) in [6, 6.07) is -0.0467. The molecule has 118 valence electrons. The second-order valence-corrected chi connectivity index (χ2v) is 6.15. The molecule has 1 aliphatic rings. The van der Waals surface area contributed by atoms with Gasteiger partial charge in [-0.2, -0.15) is 0 Å². The molecule has 2 aromatic rings. The predicted molar refractivity (Wildman–Crippen MR) is 80.4 cm³/mol.